The van der Waals surface area contributed by atoms with Crippen LogP contribution in [0.5, 0.6) is 0 Å². The summed E-state index contributed by atoms with van der Waals surface area (Å²) in [5, 5.41) is 9.72. The lowest BCUT2D eigenvalue weighted by atomic mass is 10.1. The van der Waals surface area contributed by atoms with E-state index in [1.165, 1.54) is 0 Å². The second-order valence-electron chi connectivity index (χ2n) is 5.26. The van der Waals surface area contributed by atoms with Crippen LogP contribution in [-0.2, 0) is 14.1 Å². The third kappa shape index (κ3) is 4.89. The maximum Gasteiger partial charge on any atom is 0.315 e. The number of nitrogens with two attached hydrogens (primary N) is 2. The predicted octanol–water partition coefficient (Wildman–Crippen LogP) is 0.252. The van der Waals surface area contributed by atoms with E-state index in [0.717, 1.165) is 23.5 Å². The zero-order valence-electron chi connectivity index (χ0n) is 13.8. The van der Waals surface area contributed by atoms with Crippen molar-refractivity contribution in [2.75, 3.05) is 6.54 Å². The number of benzene rings is 1. The number of aryl methyl sites for hydroxylation is 2. The van der Waals surface area contributed by atoms with Gasteiger partial charge in [-0.2, -0.15) is 5.10 Å². The van der Waals surface area contributed by atoms with Gasteiger partial charge in [0.1, 0.15) is 12.4 Å². The van der Waals surface area contributed by atoms with E-state index in [0.29, 0.717) is 5.96 Å². The Morgan fingerprint density at radius 3 is 2.57 bits per heavy atom. The maximum atomic E-state index is 5.65. The smallest absolute Gasteiger partial charge is 0.315 e. The number of quaternary nitrogens is 1. The Hall–Kier alpha value is -2.73. The Balaban J connectivity index is 2.02. The molecule has 6 nitrogen and oxygen atoms in total. The maximum absolute atomic E-state index is 5.65. The minimum Gasteiger partial charge on any atom is -0.336 e. The summed E-state index contributed by atoms with van der Waals surface area (Å²) >= 11 is 0. The Bertz CT molecular complexity index is 703. The number of guanidine groups is 1. The van der Waals surface area contributed by atoms with Crippen LogP contribution < -0.4 is 15.6 Å². The van der Waals surface area contributed by atoms with Crippen LogP contribution in [0.1, 0.15) is 23.9 Å². The molecule has 2 aromatic rings. The molecule has 0 unspecified atom stereocenters. The first kappa shape index (κ1) is 16.6. The van der Waals surface area contributed by atoms with Gasteiger partial charge in [0.25, 0.3) is 5.82 Å². The summed E-state index contributed by atoms with van der Waals surface area (Å²) in [6.45, 7) is 2.86. The molecule has 1 aromatic carbocycles. The van der Waals surface area contributed by atoms with Crippen LogP contribution in [0.3, 0.4) is 0 Å². The second-order valence-corrected chi connectivity index (χ2v) is 5.26. The van der Waals surface area contributed by atoms with Gasteiger partial charge in [0.15, 0.2) is 0 Å². The lowest BCUT2D eigenvalue weighted by molar-refractivity contribution is -0.672. The van der Waals surface area contributed by atoms with Gasteiger partial charge in [0.05, 0.1) is 26.9 Å². The Labute approximate surface area is 136 Å². The number of hydrogen-bond acceptors (Lipinski definition) is 2. The molecule has 0 radical (unpaired) electrons. The molecule has 0 spiro atoms. The van der Waals surface area contributed by atoms with Crippen molar-refractivity contribution in [3.8, 4) is 0 Å². The summed E-state index contributed by atoms with van der Waals surface area (Å²) in [4.78, 5) is 0. The molecule has 4 N–H and O–H groups in total. The van der Waals surface area contributed by atoms with Crippen LogP contribution in [0.4, 0.5) is 0 Å². The standard InChI is InChI=1S/C17H22N6/c1-4-19-17(18)21-20-13-15-7-5-14(6-8-15)9-10-16-22(2)11-12-23(16)3/h5-13H,4H2,1-3H3,(H2,18,19)/p+2. The number of imidazole rings is 1. The molecule has 2 rings (SSSR count). The quantitative estimate of drug-likeness (QED) is 0.353. The van der Waals surface area contributed by atoms with Crippen LogP contribution in [0.15, 0.2) is 46.9 Å². The summed E-state index contributed by atoms with van der Waals surface area (Å²) in [6.07, 6.45) is 9.93. The minimum atomic E-state index is 0.443. The molecule has 1 heterocycles. The van der Waals surface area contributed by atoms with Gasteiger partial charge in [0.2, 0.25) is 0 Å². The molecule has 0 aliphatic rings. The highest BCUT2D eigenvalue weighted by Gasteiger charge is 2.05. The van der Waals surface area contributed by atoms with Crippen molar-refractivity contribution in [3.05, 3.63) is 53.6 Å². The second kappa shape index (κ2) is 8.05. The van der Waals surface area contributed by atoms with Gasteiger partial charge in [-0.25, -0.2) is 9.13 Å². The normalized spacial score (nSPS) is 12.6. The Morgan fingerprint density at radius 2 is 1.96 bits per heavy atom. The van der Waals surface area contributed by atoms with Gasteiger partial charge >= 0.3 is 5.96 Å². The van der Waals surface area contributed by atoms with Gasteiger partial charge in [-0.05, 0) is 24.1 Å². The molecule has 6 heteroatoms. The predicted molar refractivity (Wildman–Crippen MR) is 93.6 cm³/mol. The number of rotatable bonds is 5. The van der Waals surface area contributed by atoms with Crippen molar-refractivity contribution in [1.29, 1.82) is 0 Å². The summed E-state index contributed by atoms with van der Waals surface area (Å²) in [5.41, 5.74) is 7.77. The average Bonchev–Trinajstić information content (AvgIpc) is 2.85. The fourth-order valence-corrected chi connectivity index (χ4v) is 2.11. The Kier molecular flexibility index (Phi) is 5.82. The first-order valence-corrected chi connectivity index (χ1v) is 7.59. The van der Waals surface area contributed by atoms with E-state index in [1.807, 2.05) is 63.0 Å². The SMILES string of the molecule is CC[NH2+]C(N)=NN=Cc1ccc(C=Cc2n(C)cc[n+]2C)cc1. The van der Waals surface area contributed by atoms with E-state index < -0.39 is 0 Å². The highest BCUT2D eigenvalue weighted by Crippen LogP contribution is 2.07. The molecule has 23 heavy (non-hydrogen) atoms. The van der Waals surface area contributed by atoms with Gasteiger partial charge in [-0.15, -0.1) is 0 Å². The van der Waals surface area contributed by atoms with E-state index in [1.54, 1.807) is 6.21 Å². The highest BCUT2D eigenvalue weighted by atomic mass is 15.3. The largest absolute Gasteiger partial charge is 0.336 e. The van der Waals surface area contributed by atoms with Crippen molar-refractivity contribution in [2.45, 2.75) is 6.92 Å². The summed E-state index contributed by atoms with van der Waals surface area (Å²) < 4.78 is 4.15. The fourth-order valence-electron chi connectivity index (χ4n) is 2.11. The molecule has 0 aliphatic heterocycles. The zero-order valence-corrected chi connectivity index (χ0v) is 13.8. The minimum absolute atomic E-state index is 0.443. The third-order valence-electron chi connectivity index (χ3n) is 3.39. The topological polar surface area (TPSA) is 76.2 Å². The summed E-state index contributed by atoms with van der Waals surface area (Å²) in [7, 11) is 4.06. The van der Waals surface area contributed by atoms with E-state index in [2.05, 4.69) is 31.5 Å². The van der Waals surface area contributed by atoms with Crippen LogP contribution >= 0.6 is 0 Å². The van der Waals surface area contributed by atoms with Crippen LogP contribution in [0.25, 0.3) is 12.2 Å². The summed E-state index contributed by atoms with van der Waals surface area (Å²) in [6, 6.07) is 8.10. The third-order valence-corrected chi connectivity index (χ3v) is 3.39. The fraction of sp³-hybridized carbons (Fsp3) is 0.235. The molecule has 0 saturated heterocycles. The van der Waals surface area contributed by atoms with Crippen molar-refractivity contribution in [2.24, 2.45) is 30.0 Å². The molecule has 0 aliphatic carbocycles. The van der Waals surface area contributed by atoms with E-state index in [4.69, 9.17) is 5.73 Å². The van der Waals surface area contributed by atoms with Crippen molar-refractivity contribution in [3.63, 3.8) is 0 Å². The van der Waals surface area contributed by atoms with E-state index in [9.17, 15) is 0 Å². The zero-order chi connectivity index (χ0) is 16.7. The van der Waals surface area contributed by atoms with Crippen LogP contribution in [0, 0.1) is 0 Å². The number of hydrogen-bond donors (Lipinski definition) is 2. The molecule has 120 valence electrons. The molecular weight excluding hydrogens is 288 g/mol. The number of nitrogens with zero attached hydrogens (tertiary/aromatic N) is 4. The lowest BCUT2D eigenvalue weighted by Crippen LogP contribution is -2.90. The monoisotopic (exact) mass is 312 g/mol. The first-order chi connectivity index (χ1) is 11.1. The van der Waals surface area contributed by atoms with Crippen LogP contribution in [-0.4, -0.2) is 23.3 Å². The van der Waals surface area contributed by atoms with Crippen molar-refractivity contribution < 1.29 is 9.88 Å². The van der Waals surface area contributed by atoms with Gasteiger partial charge in [-0.3, -0.25) is 5.32 Å². The van der Waals surface area contributed by atoms with Gasteiger partial charge in [-0.1, -0.05) is 29.4 Å². The molecule has 1 aromatic heterocycles. The molecule has 0 atom stereocenters. The lowest BCUT2D eigenvalue weighted by Gasteiger charge is -1.96. The van der Waals surface area contributed by atoms with E-state index >= 15 is 0 Å². The molecular formula is C17H24N6+2. The Morgan fingerprint density at radius 1 is 1.26 bits per heavy atom. The number of aromatic nitrogens is 2. The van der Waals surface area contributed by atoms with Crippen molar-refractivity contribution in [1.82, 2.24) is 4.57 Å². The van der Waals surface area contributed by atoms with Crippen LogP contribution in [0.2, 0.25) is 0 Å². The first-order valence-electron chi connectivity index (χ1n) is 7.59. The molecule has 0 fully saturated rings. The molecule has 0 amide bonds. The van der Waals surface area contributed by atoms with Gasteiger partial charge < -0.3 is 5.73 Å². The van der Waals surface area contributed by atoms with Crippen molar-refractivity contribution >= 4 is 24.3 Å². The average molecular weight is 312 g/mol. The van der Waals surface area contributed by atoms with E-state index in [-0.39, 0.29) is 0 Å². The summed E-state index contributed by atoms with van der Waals surface area (Å²) in [5.74, 6) is 1.58. The van der Waals surface area contributed by atoms with Gasteiger partial charge in [0, 0.05) is 6.08 Å². The highest BCUT2D eigenvalue weighted by molar-refractivity contribution is 5.81. The molecule has 0 saturated carbocycles. The molecule has 0 bridgehead atoms.